The van der Waals surface area contributed by atoms with E-state index in [4.69, 9.17) is 0 Å². The Balaban J connectivity index is 1.99. The second-order valence-corrected chi connectivity index (χ2v) is 4.27. The summed E-state index contributed by atoms with van der Waals surface area (Å²) >= 11 is 0. The van der Waals surface area contributed by atoms with E-state index in [0.717, 1.165) is 12.8 Å². The molecule has 0 radical (unpaired) electrons. The van der Waals surface area contributed by atoms with Gasteiger partial charge in [0.1, 0.15) is 11.9 Å². The number of rotatable bonds is 3. The molecule has 1 unspecified atom stereocenters. The van der Waals surface area contributed by atoms with Crippen LogP contribution in [0.25, 0.3) is 0 Å². The molecule has 7 nitrogen and oxygen atoms in total. The van der Waals surface area contributed by atoms with Crippen LogP contribution >= 0.6 is 0 Å². The molecule has 1 atom stereocenters. The zero-order valence-corrected chi connectivity index (χ0v) is 10.3. The lowest BCUT2D eigenvalue weighted by molar-refractivity contribution is -0.122. The predicted molar refractivity (Wildman–Crippen MR) is 63.9 cm³/mol. The zero-order valence-electron chi connectivity index (χ0n) is 10.3. The molecule has 1 saturated heterocycles. The van der Waals surface area contributed by atoms with Crippen LogP contribution in [0.15, 0.2) is 0 Å². The van der Waals surface area contributed by atoms with Gasteiger partial charge in [0, 0.05) is 13.0 Å². The fraction of sp³-hybridized carbons (Fsp3) is 0.636. The van der Waals surface area contributed by atoms with Gasteiger partial charge < -0.3 is 10.6 Å². The molecule has 1 fully saturated rings. The van der Waals surface area contributed by atoms with Crippen LogP contribution in [0.1, 0.15) is 42.6 Å². The second kappa shape index (κ2) is 5.61. The van der Waals surface area contributed by atoms with Crippen molar-refractivity contribution in [2.45, 2.75) is 38.6 Å². The van der Waals surface area contributed by atoms with Crippen molar-refractivity contribution in [2.75, 3.05) is 6.54 Å². The van der Waals surface area contributed by atoms with Gasteiger partial charge in [-0.1, -0.05) is 6.92 Å². The highest BCUT2D eigenvalue weighted by molar-refractivity contribution is 5.94. The van der Waals surface area contributed by atoms with Crippen molar-refractivity contribution in [1.29, 1.82) is 0 Å². The monoisotopic (exact) mass is 251 g/mol. The van der Waals surface area contributed by atoms with Gasteiger partial charge in [-0.15, -0.1) is 5.10 Å². The van der Waals surface area contributed by atoms with E-state index in [1.165, 1.54) is 0 Å². The minimum atomic E-state index is -0.483. The van der Waals surface area contributed by atoms with Crippen molar-refractivity contribution in [3.63, 3.8) is 0 Å². The third-order valence-corrected chi connectivity index (χ3v) is 2.91. The molecule has 2 rings (SSSR count). The van der Waals surface area contributed by atoms with E-state index in [-0.39, 0.29) is 11.7 Å². The molecule has 1 aliphatic rings. The molecule has 2 heterocycles. The molecule has 18 heavy (non-hydrogen) atoms. The number of nitrogens with one attached hydrogen (secondary N) is 3. The van der Waals surface area contributed by atoms with Gasteiger partial charge in [0.25, 0.3) is 5.91 Å². The smallest absolute Gasteiger partial charge is 0.291 e. The first-order valence-corrected chi connectivity index (χ1v) is 6.20. The first-order chi connectivity index (χ1) is 8.70. The number of carbonyl (C=O) groups is 2. The van der Waals surface area contributed by atoms with Crippen molar-refractivity contribution in [3.05, 3.63) is 11.6 Å². The SMILES string of the molecule is CCc1nc(C(=O)NC2CCCCNC2=O)n[nH]1. The first kappa shape index (κ1) is 12.5. The Labute approximate surface area is 105 Å². The summed E-state index contributed by atoms with van der Waals surface area (Å²) in [5.74, 6) is 0.203. The predicted octanol–water partition coefficient (Wildman–Crippen LogP) is -0.234. The summed E-state index contributed by atoms with van der Waals surface area (Å²) in [6.45, 7) is 2.59. The van der Waals surface area contributed by atoms with Gasteiger partial charge in [0.05, 0.1) is 0 Å². The third kappa shape index (κ3) is 2.85. The summed E-state index contributed by atoms with van der Waals surface area (Å²) in [4.78, 5) is 27.6. The molecule has 1 aromatic heterocycles. The molecule has 3 N–H and O–H groups in total. The quantitative estimate of drug-likeness (QED) is 0.690. The molecule has 0 aliphatic carbocycles. The number of hydrogen-bond acceptors (Lipinski definition) is 4. The van der Waals surface area contributed by atoms with Crippen LogP contribution in [0.3, 0.4) is 0 Å². The fourth-order valence-electron chi connectivity index (χ4n) is 1.85. The molecular formula is C11H17N5O2. The molecule has 1 aliphatic heterocycles. The Morgan fingerprint density at radius 1 is 1.50 bits per heavy atom. The average Bonchev–Trinajstić information content (AvgIpc) is 2.77. The molecule has 0 saturated carbocycles. The van der Waals surface area contributed by atoms with Crippen LogP contribution < -0.4 is 10.6 Å². The second-order valence-electron chi connectivity index (χ2n) is 4.27. The number of carbonyl (C=O) groups excluding carboxylic acids is 2. The molecule has 0 bridgehead atoms. The summed E-state index contributed by atoms with van der Waals surface area (Å²) in [5, 5.41) is 11.9. The van der Waals surface area contributed by atoms with E-state index in [1.807, 2.05) is 6.92 Å². The molecule has 1 aromatic rings. The topological polar surface area (TPSA) is 99.8 Å². The van der Waals surface area contributed by atoms with Crippen LogP contribution in [0.2, 0.25) is 0 Å². The largest absolute Gasteiger partial charge is 0.354 e. The number of amides is 2. The van der Waals surface area contributed by atoms with Crippen LogP contribution in [-0.4, -0.2) is 39.6 Å². The van der Waals surface area contributed by atoms with Crippen molar-refractivity contribution in [1.82, 2.24) is 25.8 Å². The van der Waals surface area contributed by atoms with E-state index in [2.05, 4.69) is 25.8 Å². The maximum absolute atomic E-state index is 11.9. The molecule has 98 valence electrons. The highest BCUT2D eigenvalue weighted by Crippen LogP contribution is 2.06. The van der Waals surface area contributed by atoms with Crippen molar-refractivity contribution >= 4 is 11.8 Å². The van der Waals surface area contributed by atoms with Crippen LogP contribution in [-0.2, 0) is 11.2 Å². The standard InChI is InChI=1S/C11H17N5O2/c1-2-8-14-9(16-15-8)11(18)13-7-5-3-4-6-12-10(7)17/h7H,2-6H2,1H3,(H,12,17)(H,13,18)(H,14,15,16). The highest BCUT2D eigenvalue weighted by atomic mass is 16.2. The lowest BCUT2D eigenvalue weighted by Gasteiger charge is -2.13. The maximum atomic E-state index is 11.9. The summed E-state index contributed by atoms with van der Waals surface area (Å²) < 4.78 is 0. The van der Waals surface area contributed by atoms with Crippen LogP contribution in [0.5, 0.6) is 0 Å². The minimum absolute atomic E-state index is 0.0869. The van der Waals surface area contributed by atoms with Gasteiger partial charge in [0.2, 0.25) is 11.7 Å². The first-order valence-electron chi connectivity index (χ1n) is 6.20. The Bertz CT molecular complexity index is 442. The third-order valence-electron chi connectivity index (χ3n) is 2.91. The number of aromatic amines is 1. The lowest BCUT2D eigenvalue weighted by Crippen LogP contribution is -2.45. The Kier molecular flexibility index (Phi) is 3.91. The van der Waals surface area contributed by atoms with E-state index in [0.29, 0.717) is 25.2 Å². The number of aromatic nitrogens is 3. The minimum Gasteiger partial charge on any atom is -0.354 e. The Morgan fingerprint density at radius 2 is 2.33 bits per heavy atom. The number of nitrogens with zero attached hydrogens (tertiary/aromatic N) is 2. The summed E-state index contributed by atoms with van der Waals surface area (Å²) in [7, 11) is 0. The van der Waals surface area contributed by atoms with Crippen LogP contribution in [0.4, 0.5) is 0 Å². The van der Waals surface area contributed by atoms with Crippen molar-refractivity contribution in [3.8, 4) is 0 Å². The number of hydrogen-bond donors (Lipinski definition) is 3. The molecule has 0 aromatic carbocycles. The number of H-pyrrole nitrogens is 1. The van der Waals surface area contributed by atoms with Crippen molar-refractivity contribution in [2.24, 2.45) is 0 Å². The lowest BCUT2D eigenvalue weighted by atomic mass is 10.1. The van der Waals surface area contributed by atoms with E-state index >= 15 is 0 Å². The summed E-state index contributed by atoms with van der Waals surface area (Å²) in [6, 6.07) is -0.483. The van der Waals surface area contributed by atoms with Gasteiger partial charge in [-0.3, -0.25) is 14.7 Å². The summed E-state index contributed by atoms with van der Waals surface area (Å²) in [6.07, 6.45) is 3.20. The van der Waals surface area contributed by atoms with Crippen LogP contribution in [0, 0.1) is 0 Å². The average molecular weight is 251 g/mol. The molecule has 0 spiro atoms. The molecule has 2 amide bonds. The van der Waals surface area contributed by atoms with E-state index in [9.17, 15) is 9.59 Å². The van der Waals surface area contributed by atoms with Gasteiger partial charge in [-0.2, -0.15) is 0 Å². The normalized spacial score (nSPS) is 20.1. The molecule has 7 heteroatoms. The summed E-state index contributed by atoms with van der Waals surface area (Å²) in [5.41, 5.74) is 0. The van der Waals surface area contributed by atoms with Crippen molar-refractivity contribution < 1.29 is 9.59 Å². The van der Waals surface area contributed by atoms with Gasteiger partial charge in [0.15, 0.2) is 0 Å². The Morgan fingerprint density at radius 3 is 3.06 bits per heavy atom. The zero-order chi connectivity index (χ0) is 13.0. The maximum Gasteiger partial charge on any atom is 0.291 e. The van der Waals surface area contributed by atoms with Gasteiger partial charge in [-0.25, -0.2) is 4.98 Å². The fourth-order valence-corrected chi connectivity index (χ4v) is 1.85. The van der Waals surface area contributed by atoms with E-state index < -0.39 is 11.9 Å². The van der Waals surface area contributed by atoms with E-state index in [1.54, 1.807) is 0 Å². The number of aryl methyl sites for hydroxylation is 1. The van der Waals surface area contributed by atoms with Gasteiger partial charge in [-0.05, 0) is 19.3 Å². The Hall–Kier alpha value is -1.92. The highest BCUT2D eigenvalue weighted by Gasteiger charge is 2.24. The van der Waals surface area contributed by atoms with Gasteiger partial charge >= 0.3 is 0 Å². The molecular weight excluding hydrogens is 234 g/mol.